The number of quaternary nitrogens is 1. The third-order valence-electron chi connectivity index (χ3n) is 3.89. The van der Waals surface area contributed by atoms with Gasteiger partial charge in [-0.2, -0.15) is 0 Å². The lowest BCUT2D eigenvalue weighted by molar-refractivity contribution is -0.873. The minimum atomic E-state index is -0.963. The summed E-state index contributed by atoms with van der Waals surface area (Å²) < 4.78 is 5.81. The molecule has 0 aromatic carbocycles. The van der Waals surface area contributed by atoms with E-state index in [1.807, 2.05) is 27.2 Å². The molecule has 0 amide bonds. The van der Waals surface area contributed by atoms with E-state index in [4.69, 9.17) is 9.84 Å². The van der Waals surface area contributed by atoms with Gasteiger partial charge in [-0.1, -0.05) is 63.7 Å². The molecule has 1 N–H and O–H groups in total. The van der Waals surface area contributed by atoms with Gasteiger partial charge in [0.05, 0.1) is 27.6 Å². The highest BCUT2D eigenvalue weighted by Gasteiger charge is 2.23. The lowest BCUT2D eigenvalue weighted by atomic mass is 10.1. The van der Waals surface area contributed by atoms with Crippen LogP contribution in [0.1, 0.15) is 64.7 Å². The smallest absolute Gasteiger partial charge is 0.331 e. The highest BCUT2D eigenvalue weighted by Crippen LogP contribution is 2.09. The molecule has 0 heterocycles. The Bertz CT molecular complexity index is 449. The summed E-state index contributed by atoms with van der Waals surface area (Å²) in [6.07, 6.45) is 16.1. The Balaban J connectivity index is 4.02. The van der Waals surface area contributed by atoms with Crippen LogP contribution in [-0.2, 0) is 14.3 Å². The van der Waals surface area contributed by atoms with Crippen LogP contribution < -0.4 is 0 Å². The summed E-state index contributed by atoms with van der Waals surface area (Å²) in [5.74, 6) is -1.46. The topological polar surface area (TPSA) is 63.6 Å². The van der Waals surface area contributed by atoms with Crippen molar-refractivity contribution in [3.63, 3.8) is 0 Å². The zero-order valence-electron chi connectivity index (χ0n) is 17.1. The predicted octanol–water partition coefficient (Wildman–Crippen LogP) is 4.33. The van der Waals surface area contributed by atoms with Gasteiger partial charge in [0.15, 0.2) is 6.10 Å². The number of allylic oxidation sites excluding steroid dienone is 3. The molecule has 0 bridgehead atoms. The highest BCUT2D eigenvalue weighted by atomic mass is 16.5. The Morgan fingerprint density at radius 2 is 1.62 bits per heavy atom. The first-order chi connectivity index (χ1) is 12.2. The molecule has 1 atom stereocenters. The number of nitrogens with zero attached hydrogens (tertiary/aromatic N) is 1. The molecule has 0 fully saturated rings. The molecular formula is C21H38NO4+. The van der Waals surface area contributed by atoms with Crippen molar-refractivity contribution in [3.05, 3.63) is 24.3 Å². The second-order valence-corrected chi connectivity index (χ2v) is 7.83. The maximum Gasteiger partial charge on any atom is 0.331 e. The Labute approximate surface area is 159 Å². The number of carbonyl (C=O) groups excluding carboxylic acids is 1. The highest BCUT2D eigenvalue weighted by molar-refractivity contribution is 5.82. The Morgan fingerprint density at radius 3 is 2.19 bits per heavy atom. The molecule has 0 aromatic heterocycles. The quantitative estimate of drug-likeness (QED) is 0.154. The summed E-state index contributed by atoms with van der Waals surface area (Å²) in [5, 5.41) is 8.94. The van der Waals surface area contributed by atoms with Crippen molar-refractivity contribution in [1.82, 2.24) is 0 Å². The number of hydrogen-bond acceptors (Lipinski definition) is 3. The number of hydrogen-bond donors (Lipinski definition) is 1. The average Bonchev–Trinajstić information content (AvgIpc) is 2.50. The average molecular weight is 369 g/mol. The predicted molar refractivity (Wildman–Crippen MR) is 106 cm³/mol. The molecule has 1 unspecified atom stereocenters. The number of ether oxygens (including phenoxy) is 1. The molecule has 26 heavy (non-hydrogen) atoms. The van der Waals surface area contributed by atoms with Gasteiger partial charge in [0, 0.05) is 6.08 Å². The van der Waals surface area contributed by atoms with Gasteiger partial charge in [-0.25, -0.2) is 4.79 Å². The normalized spacial score (nSPS) is 13.4. The zero-order chi connectivity index (χ0) is 19.8. The third kappa shape index (κ3) is 17.2. The molecule has 0 aliphatic rings. The fraction of sp³-hybridized carbons (Fsp3) is 0.714. The fourth-order valence-corrected chi connectivity index (χ4v) is 2.68. The van der Waals surface area contributed by atoms with Crippen molar-refractivity contribution >= 4 is 11.9 Å². The van der Waals surface area contributed by atoms with Crippen LogP contribution in [0.25, 0.3) is 0 Å². The first-order valence-corrected chi connectivity index (χ1v) is 9.80. The van der Waals surface area contributed by atoms with Gasteiger partial charge in [0.1, 0.15) is 6.54 Å². The van der Waals surface area contributed by atoms with E-state index in [0.29, 0.717) is 11.0 Å². The number of rotatable bonds is 15. The van der Waals surface area contributed by atoms with Crippen molar-refractivity contribution in [2.75, 3.05) is 27.7 Å². The van der Waals surface area contributed by atoms with Crippen LogP contribution in [0.5, 0.6) is 0 Å². The number of carbonyl (C=O) groups is 2. The molecule has 0 aliphatic carbocycles. The van der Waals surface area contributed by atoms with Crippen molar-refractivity contribution < 1.29 is 23.9 Å². The zero-order valence-corrected chi connectivity index (χ0v) is 17.1. The van der Waals surface area contributed by atoms with E-state index in [1.54, 1.807) is 6.08 Å². The van der Waals surface area contributed by atoms with Gasteiger partial charge >= 0.3 is 11.9 Å². The summed E-state index contributed by atoms with van der Waals surface area (Å²) >= 11 is 0. The van der Waals surface area contributed by atoms with E-state index >= 15 is 0 Å². The summed E-state index contributed by atoms with van der Waals surface area (Å²) in [5.41, 5.74) is 0. The van der Waals surface area contributed by atoms with E-state index < -0.39 is 18.0 Å². The second kappa shape index (κ2) is 14.5. The Morgan fingerprint density at radius 1 is 1.00 bits per heavy atom. The Kier molecular flexibility index (Phi) is 13.6. The molecule has 5 heteroatoms. The largest absolute Gasteiger partial charge is 0.481 e. The van der Waals surface area contributed by atoms with Crippen LogP contribution >= 0.6 is 0 Å². The van der Waals surface area contributed by atoms with Crippen LogP contribution in [0.2, 0.25) is 0 Å². The number of carboxylic acids is 1. The molecule has 0 aromatic rings. The van der Waals surface area contributed by atoms with Crippen molar-refractivity contribution in [1.29, 1.82) is 0 Å². The Hall–Kier alpha value is -1.62. The molecule has 0 radical (unpaired) electrons. The molecule has 5 nitrogen and oxygen atoms in total. The van der Waals surface area contributed by atoms with E-state index in [9.17, 15) is 9.59 Å². The molecule has 0 rings (SSSR count). The first kappa shape index (κ1) is 24.4. The number of carboxylic acid groups (broad SMARTS) is 1. The van der Waals surface area contributed by atoms with Gasteiger partial charge in [0.2, 0.25) is 0 Å². The summed E-state index contributed by atoms with van der Waals surface area (Å²) in [6.45, 7) is 2.68. The maximum atomic E-state index is 11.8. The monoisotopic (exact) mass is 368 g/mol. The van der Waals surface area contributed by atoms with Gasteiger partial charge in [-0.15, -0.1) is 0 Å². The minimum Gasteiger partial charge on any atom is -0.481 e. The third-order valence-corrected chi connectivity index (χ3v) is 3.89. The van der Waals surface area contributed by atoms with Gasteiger partial charge in [0.25, 0.3) is 0 Å². The molecular weight excluding hydrogens is 330 g/mol. The second-order valence-electron chi connectivity index (χ2n) is 7.83. The maximum absolute atomic E-state index is 11.8. The molecule has 150 valence electrons. The summed E-state index contributed by atoms with van der Waals surface area (Å²) in [6, 6.07) is 0. The van der Waals surface area contributed by atoms with Crippen LogP contribution in [0, 0.1) is 0 Å². The SMILES string of the molecule is CCCCCCCCC/C=C/C=C/C(=O)OC(CC(=O)O)C[N+](C)(C)C. The van der Waals surface area contributed by atoms with E-state index in [-0.39, 0.29) is 6.42 Å². The molecule has 0 aliphatic heterocycles. The van der Waals surface area contributed by atoms with Gasteiger partial charge in [-0.3, -0.25) is 4.79 Å². The van der Waals surface area contributed by atoms with E-state index in [0.717, 1.165) is 6.42 Å². The van der Waals surface area contributed by atoms with Gasteiger partial charge < -0.3 is 14.3 Å². The standard InChI is InChI=1S/C21H37NO4/c1-5-6-7-8-9-10-11-12-13-14-15-16-21(25)26-19(17-20(23)24)18-22(2,3)4/h13-16,19H,5-12,17-18H2,1-4H3/p+1/b14-13+,16-15+. The van der Waals surface area contributed by atoms with Crippen LogP contribution in [-0.4, -0.2) is 55.3 Å². The van der Waals surface area contributed by atoms with E-state index in [1.165, 1.54) is 51.0 Å². The van der Waals surface area contributed by atoms with Crippen molar-refractivity contribution in [3.8, 4) is 0 Å². The van der Waals surface area contributed by atoms with Crippen molar-refractivity contribution in [2.24, 2.45) is 0 Å². The van der Waals surface area contributed by atoms with Crippen LogP contribution in [0.4, 0.5) is 0 Å². The number of aliphatic carboxylic acids is 1. The lowest BCUT2D eigenvalue weighted by Gasteiger charge is -2.28. The molecule has 0 saturated carbocycles. The first-order valence-electron chi connectivity index (χ1n) is 9.80. The van der Waals surface area contributed by atoms with E-state index in [2.05, 4.69) is 13.0 Å². The summed E-state index contributed by atoms with van der Waals surface area (Å²) in [7, 11) is 5.81. The number of unbranched alkanes of at least 4 members (excludes halogenated alkanes) is 7. The van der Waals surface area contributed by atoms with Gasteiger partial charge in [-0.05, 0) is 12.8 Å². The molecule has 0 saturated heterocycles. The van der Waals surface area contributed by atoms with Crippen LogP contribution in [0.15, 0.2) is 24.3 Å². The number of esters is 1. The number of likely N-dealkylation sites (N-methyl/N-ethyl adjacent to an activating group) is 1. The minimum absolute atomic E-state index is 0.177. The molecule has 0 spiro atoms. The van der Waals surface area contributed by atoms with Crippen LogP contribution in [0.3, 0.4) is 0 Å². The summed E-state index contributed by atoms with van der Waals surface area (Å²) in [4.78, 5) is 22.7. The fourth-order valence-electron chi connectivity index (χ4n) is 2.68. The lowest BCUT2D eigenvalue weighted by Crippen LogP contribution is -2.43. The van der Waals surface area contributed by atoms with Crippen molar-refractivity contribution in [2.45, 2.75) is 70.8 Å².